The molecular weight excluding hydrogens is 472 g/mol. The summed E-state index contributed by atoms with van der Waals surface area (Å²) in [7, 11) is 2.86. The van der Waals surface area contributed by atoms with Gasteiger partial charge in [0, 0.05) is 30.2 Å². The van der Waals surface area contributed by atoms with Gasteiger partial charge in [0.15, 0.2) is 0 Å². The average Bonchev–Trinajstić information content (AvgIpc) is 3.14. The molecule has 9 heteroatoms. The highest BCUT2D eigenvalue weighted by atomic mass is 35.5. The first-order chi connectivity index (χ1) is 16.9. The Hall–Kier alpha value is -4.04. The molecule has 0 aliphatic carbocycles. The zero-order valence-corrected chi connectivity index (χ0v) is 20.1. The van der Waals surface area contributed by atoms with E-state index >= 15 is 0 Å². The molecule has 1 aliphatic heterocycles. The zero-order valence-electron chi connectivity index (χ0n) is 19.3. The highest BCUT2D eigenvalue weighted by molar-refractivity contribution is 6.51. The minimum atomic E-state index is -0.953. The van der Waals surface area contributed by atoms with Gasteiger partial charge in [-0.3, -0.25) is 19.5 Å². The van der Waals surface area contributed by atoms with E-state index in [4.69, 9.17) is 25.8 Å². The van der Waals surface area contributed by atoms with Gasteiger partial charge in [-0.05, 0) is 36.8 Å². The Balaban J connectivity index is 1.95. The van der Waals surface area contributed by atoms with Gasteiger partial charge in [0.05, 0.1) is 43.0 Å². The second-order valence-electron chi connectivity index (χ2n) is 7.57. The number of nitrogens with zero attached hydrogens (tertiary/aromatic N) is 2. The lowest BCUT2D eigenvalue weighted by Gasteiger charge is -2.25. The first-order valence-electron chi connectivity index (χ1n) is 10.8. The van der Waals surface area contributed by atoms with Crippen LogP contribution in [0.25, 0.3) is 5.76 Å². The number of carbonyl (C=O) groups excluding carboxylic acids is 2. The van der Waals surface area contributed by atoms with E-state index in [9.17, 15) is 14.7 Å². The van der Waals surface area contributed by atoms with Crippen LogP contribution in [0.3, 0.4) is 0 Å². The number of hydrogen-bond acceptors (Lipinski definition) is 7. The summed E-state index contributed by atoms with van der Waals surface area (Å²) < 4.78 is 16.2. The molecule has 1 unspecified atom stereocenters. The summed E-state index contributed by atoms with van der Waals surface area (Å²) in [6.45, 7) is 2.29. The van der Waals surface area contributed by atoms with E-state index in [-0.39, 0.29) is 21.9 Å². The fourth-order valence-corrected chi connectivity index (χ4v) is 4.27. The molecule has 1 atom stereocenters. The normalized spacial score (nSPS) is 16.9. The maximum absolute atomic E-state index is 13.3. The highest BCUT2D eigenvalue weighted by Gasteiger charge is 2.47. The van der Waals surface area contributed by atoms with Crippen molar-refractivity contribution in [3.8, 4) is 17.2 Å². The molecule has 1 saturated heterocycles. The predicted octanol–water partition coefficient (Wildman–Crippen LogP) is 4.78. The van der Waals surface area contributed by atoms with Crippen LogP contribution in [0.5, 0.6) is 17.2 Å². The summed E-state index contributed by atoms with van der Waals surface area (Å²) in [4.78, 5) is 32.1. The van der Waals surface area contributed by atoms with Gasteiger partial charge in [0.25, 0.3) is 11.7 Å². The monoisotopic (exact) mass is 494 g/mol. The van der Waals surface area contributed by atoms with Crippen molar-refractivity contribution in [2.45, 2.75) is 13.0 Å². The summed E-state index contributed by atoms with van der Waals surface area (Å²) in [6.07, 6.45) is 3.12. The predicted molar refractivity (Wildman–Crippen MR) is 131 cm³/mol. The molecule has 4 rings (SSSR count). The summed E-state index contributed by atoms with van der Waals surface area (Å²) in [5.41, 5.74) is 0.997. The molecule has 2 heterocycles. The fraction of sp³-hybridized carbons (Fsp3) is 0.192. The minimum Gasteiger partial charge on any atom is -0.507 e. The second kappa shape index (κ2) is 10.1. The topological polar surface area (TPSA) is 98.2 Å². The number of pyridine rings is 1. The summed E-state index contributed by atoms with van der Waals surface area (Å²) >= 11 is 6.30. The third-order valence-corrected chi connectivity index (χ3v) is 5.88. The minimum absolute atomic E-state index is 0.121. The van der Waals surface area contributed by atoms with Gasteiger partial charge in [-0.2, -0.15) is 0 Å². The molecule has 1 amide bonds. The van der Waals surface area contributed by atoms with Crippen LogP contribution in [0.4, 0.5) is 5.69 Å². The number of benzene rings is 2. The zero-order chi connectivity index (χ0) is 25.1. The van der Waals surface area contributed by atoms with Gasteiger partial charge in [-0.1, -0.05) is 23.7 Å². The van der Waals surface area contributed by atoms with Crippen LogP contribution >= 0.6 is 11.6 Å². The lowest BCUT2D eigenvalue weighted by Crippen LogP contribution is -2.29. The van der Waals surface area contributed by atoms with Crippen molar-refractivity contribution < 1.29 is 28.9 Å². The van der Waals surface area contributed by atoms with E-state index < -0.39 is 23.5 Å². The largest absolute Gasteiger partial charge is 0.507 e. The van der Waals surface area contributed by atoms with Crippen molar-refractivity contribution in [1.29, 1.82) is 0 Å². The number of amides is 1. The molecule has 180 valence electrons. The maximum atomic E-state index is 13.3. The van der Waals surface area contributed by atoms with E-state index in [0.717, 1.165) is 0 Å². The Labute approximate surface area is 207 Å². The van der Waals surface area contributed by atoms with E-state index in [0.29, 0.717) is 29.4 Å². The number of aliphatic hydroxyl groups excluding tert-OH is 1. The van der Waals surface area contributed by atoms with Crippen molar-refractivity contribution in [3.05, 3.63) is 82.6 Å². The number of ketones is 1. The van der Waals surface area contributed by atoms with Crippen molar-refractivity contribution in [2.75, 3.05) is 25.7 Å². The standard InChI is InChI=1S/C26H23ClN2O6/c1-4-35-17-9-5-8-16(11-17)29-23(15-7-6-10-28-14-15)22(25(31)26(29)32)24(30)18-12-19(27)21(34-3)13-20(18)33-2/h5-14,23,30H,4H2,1-3H3/b24-22+. The Bertz CT molecular complexity index is 1310. The SMILES string of the molecule is CCOc1cccc(N2C(=O)C(=O)/C(=C(/O)c3cc(Cl)c(OC)cc3OC)C2c2cccnc2)c1. The lowest BCUT2D eigenvalue weighted by atomic mass is 9.95. The molecule has 0 bridgehead atoms. The number of Topliss-reactive ketones (excluding diaryl/α,β-unsaturated/α-hetero) is 1. The quantitative estimate of drug-likeness (QED) is 0.287. The van der Waals surface area contributed by atoms with Gasteiger partial charge in [0.1, 0.15) is 23.0 Å². The number of ether oxygens (including phenoxy) is 3. The van der Waals surface area contributed by atoms with Crippen LogP contribution in [0.15, 0.2) is 66.5 Å². The van der Waals surface area contributed by atoms with Gasteiger partial charge in [-0.15, -0.1) is 0 Å². The smallest absolute Gasteiger partial charge is 0.300 e. The number of methoxy groups -OCH3 is 2. The van der Waals surface area contributed by atoms with E-state index in [1.165, 1.54) is 31.3 Å². The highest BCUT2D eigenvalue weighted by Crippen LogP contribution is 2.45. The van der Waals surface area contributed by atoms with Gasteiger partial charge in [0.2, 0.25) is 0 Å². The van der Waals surface area contributed by atoms with Crippen molar-refractivity contribution in [1.82, 2.24) is 4.98 Å². The van der Waals surface area contributed by atoms with Crippen LogP contribution in [0.1, 0.15) is 24.1 Å². The third kappa shape index (κ3) is 4.40. The average molecular weight is 495 g/mol. The van der Waals surface area contributed by atoms with E-state index in [1.807, 2.05) is 6.92 Å². The Kier molecular flexibility index (Phi) is 6.93. The number of hydrogen-bond donors (Lipinski definition) is 1. The van der Waals surface area contributed by atoms with Crippen LogP contribution in [0, 0.1) is 0 Å². The van der Waals surface area contributed by atoms with Crippen LogP contribution in [-0.4, -0.2) is 42.6 Å². The first-order valence-corrected chi connectivity index (χ1v) is 11.1. The number of anilines is 1. The van der Waals surface area contributed by atoms with Crippen molar-refractivity contribution >= 4 is 34.7 Å². The fourth-order valence-electron chi connectivity index (χ4n) is 4.03. The molecule has 1 N–H and O–H groups in total. The summed E-state index contributed by atoms with van der Waals surface area (Å²) in [5.74, 6) is -0.988. The molecule has 35 heavy (non-hydrogen) atoms. The number of carbonyl (C=O) groups is 2. The molecule has 1 fully saturated rings. The molecule has 8 nitrogen and oxygen atoms in total. The molecule has 0 radical (unpaired) electrons. The second-order valence-corrected chi connectivity index (χ2v) is 7.98. The Morgan fingerprint density at radius 1 is 1.09 bits per heavy atom. The Morgan fingerprint density at radius 2 is 1.86 bits per heavy atom. The summed E-state index contributed by atoms with van der Waals surface area (Å²) in [5, 5.41) is 11.6. The van der Waals surface area contributed by atoms with Gasteiger partial charge >= 0.3 is 0 Å². The van der Waals surface area contributed by atoms with Crippen molar-refractivity contribution in [3.63, 3.8) is 0 Å². The Morgan fingerprint density at radius 3 is 2.51 bits per heavy atom. The number of rotatable bonds is 7. The molecule has 0 saturated carbocycles. The van der Waals surface area contributed by atoms with E-state index in [1.54, 1.807) is 48.8 Å². The first kappa shape index (κ1) is 24.1. The summed E-state index contributed by atoms with van der Waals surface area (Å²) in [6, 6.07) is 12.2. The molecule has 3 aromatic rings. The van der Waals surface area contributed by atoms with Crippen molar-refractivity contribution in [2.24, 2.45) is 0 Å². The molecule has 0 spiro atoms. The van der Waals surface area contributed by atoms with Crippen LogP contribution in [-0.2, 0) is 9.59 Å². The third-order valence-electron chi connectivity index (χ3n) is 5.58. The molecular formula is C26H23ClN2O6. The van der Waals surface area contributed by atoms with Gasteiger partial charge < -0.3 is 19.3 Å². The van der Waals surface area contributed by atoms with E-state index in [2.05, 4.69) is 4.98 Å². The number of aromatic nitrogens is 1. The number of aliphatic hydroxyl groups is 1. The molecule has 1 aromatic heterocycles. The van der Waals surface area contributed by atoms with Crippen LogP contribution in [0.2, 0.25) is 5.02 Å². The molecule has 2 aromatic carbocycles. The maximum Gasteiger partial charge on any atom is 0.300 e. The molecule has 1 aliphatic rings. The lowest BCUT2D eigenvalue weighted by molar-refractivity contribution is -0.132. The van der Waals surface area contributed by atoms with Crippen LogP contribution < -0.4 is 19.1 Å². The van der Waals surface area contributed by atoms with Gasteiger partial charge in [-0.25, -0.2) is 0 Å². The number of halogens is 1.